The third-order valence-corrected chi connectivity index (χ3v) is 7.74. The lowest BCUT2D eigenvalue weighted by Crippen LogP contribution is -2.63. The van der Waals surface area contributed by atoms with E-state index in [1.54, 1.807) is 20.3 Å². The first-order chi connectivity index (χ1) is 16.1. The molecule has 7 rings (SSSR count). The molecule has 1 spiro atoms. The van der Waals surface area contributed by atoms with Crippen molar-refractivity contribution in [3.63, 3.8) is 0 Å². The predicted octanol–water partition coefficient (Wildman–Crippen LogP) is 5.26. The summed E-state index contributed by atoms with van der Waals surface area (Å²) in [4.78, 5) is 2.36. The molecular formula is C26H28FN3O3. The summed E-state index contributed by atoms with van der Waals surface area (Å²) in [6, 6.07) is 12.4. The van der Waals surface area contributed by atoms with Gasteiger partial charge in [-0.05, 0) is 74.4 Å². The molecule has 172 valence electrons. The molecule has 2 heterocycles. The van der Waals surface area contributed by atoms with Gasteiger partial charge in [-0.1, -0.05) is 0 Å². The van der Waals surface area contributed by atoms with Crippen LogP contribution < -0.4 is 14.9 Å². The number of ether oxygens (including phenoxy) is 2. The predicted molar refractivity (Wildman–Crippen MR) is 124 cm³/mol. The van der Waals surface area contributed by atoms with Crippen LogP contribution in [0.25, 0.3) is 11.0 Å². The van der Waals surface area contributed by atoms with Crippen molar-refractivity contribution in [3.05, 3.63) is 59.6 Å². The molecule has 7 heteroatoms. The van der Waals surface area contributed by atoms with Gasteiger partial charge in [0.15, 0.2) is 11.6 Å². The Morgan fingerprint density at radius 1 is 1.09 bits per heavy atom. The van der Waals surface area contributed by atoms with Gasteiger partial charge in [-0.2, -0.15) is 5.10 Å². The summed E-state index contributed by atoms with van der Waals surface area (Å²) in [5, 5.41) is 5.56. The van der Waals surface area contributed by atoms with Gasteiger partial charge in [-0.25, -0.2) is 4.39 Å². The molecule has 1 atom stereocenters. The Morgan fingerprint density at radius 2 is 1.94 bits per heavy atom. The second kappa shape index (κ2) is 7.68. The minimum Gasteiger partial charge on any atom is -0.497 e. The third-order valence-electron chi connectivity index (χ3n) is 7.74. The standard InChI is InChI=1S/C26H28FN3O3/c1-31-21-9-5-17(23(13-21)32-2)15-30-25(24-12-18-11-20(27)8-10-22(18)33-24)28-29-26(30)14-16-3-6-19(26)7-4-16/h5,8-13,16,19,29H,3-4,6-7,14-15H2,1-2H3/t16?,19?,26-/m0/s1. The average molecular weight is 450 g/mol. The number of benzene rings is 2. The zero-order valence-corrected chi connectivity index (χ0v) is 18.9. The monoisotopic (exact) mass is 449 g/mol. The van der Waals surface area contributed by atoms with Crippen molar-refractivity contribution in [1.29, 1.82) is 0 Å². The van der Waals surface area contributed by atoms with Crippen molar-refractivity contribution >= 4 is 16.8 Å². The Balaban J connectivity index is 1.42. The van der Waals surface area contributed by atoms with Crippen LogP contribution in [0.3, 0.4) is 0 Å². The van der Waals surface area contributed by atoms with E-state index in [-0.39, 0.29) is 11.5 Å². The van der Waals surface area contributed by atoms with Crippen LogP contribution in [0.15, 0.2) is 52.0 Å². The number of amidine groups is 1. The number of methoxy groups -OCH3 is 2. The minimum absolute atomic E-state index is 0.244. The van der Waals surface area contributed by atoms with Crippen molar-refractivity contribution in [2.75, 3.05) is 14.2 Å². The van der Waals surface area contributed by atoms with E-state index in [0.717, 1.165) is 34.7 Å². The molecule has 1 N–H and O–H groups in total. The first-order valence-corrected chi connectivity index (χ1v) is 11.6. The number of hydrogen-bond donors (Lipinski definition) is 1. The van der Waals surface area contributed by atoms with Crippen molar-refractivity contribution < 1.29 is 18.3 Å². The normalized spacial score (nSPS) is 26.0. The van der Waals surface area contributed by atoms with Crippen molar-refractivity contribution in [2.45, 2.75) is 44.3 Å². The molecule has 1 aromatic heterocycles. The molecule has 0 amide bonds. The summed E-state index contributed by atoms with van der Waals surface area (Å²) in [5.41, 5.74) is 5.02. The van der Waals surface area contributed by atoms with Gasteiger partial charge in [0.05, 0.1) is 20.8 Å². The number of hydrazone groups is 1. The molecule has 3 saturated carbocycles. The van der Waals surface area contributed by atoms with Gasteiger partial charge in [0.1, 0.15) is 28.6 Å². The average Bonchev–Trinajstić information content (AvgIpc) is 3.41. The fraction of sp³-hybridized carbons (Fsp3) is 0.423. The Labute approximate surface area is 192 Å². The molecule has 4 aliphatic rings. The zero-order chi connectivity index (χ0) is 22.6. The molecule has 3 aliphatic carbocycles. The Bertz CT molecular complexity index is 1230. The summed E-state index contributed by atoms with van der Waals surface area (Å²) in [6.07, 6.45) is 6.02. The van der Waals surface area contributed by atoms with Gasteiger partial charge in [0.25, 0.3) is 0 Å². The molecule has 0 unspecified atom stereocenters. The first-order valence-electron chi connectivity index (χ1n) is 11.6. The highest BCUT2D eigenvalue weighted by atomic mass is 19.1. The van der Waals surface area contributed by atoms with Crippen LogP contribution in [0.5, 0.6) is 11.5 Å². The molecule has 1 aliphatic heterocycles. The fourth-order valence-corrected chi connectivity index (χ4v) is 6.06. The van der Waals surface area contributed by atoms with Crippen LogP contribution in [0, 0.1) is 17.7 Å². The fourth-order valence-electron chi connectivity index (χ4n) is 6.06. The van der Waals surface area contributed by atoms with Crippen molar-refractivity contribution in [1.82, 2.24) is 10.3 Å². The highest BCUT2D eigenvalue weighted by molar-refractivity contribution is 6.01. The molecule has 3 fully saturated rings. The maximum absolute atomic E-state index is 13.8. The van der Waals surface area contributed by atoms with Gasteiger partial charge in [-0.15, -0.1) is 0 Å². The summed E-state index contributed by atoms with van der Waals surface area (Å²) >= 11 is 0. The molecule has 0 radical (unpaired) electrons. The SMILES string of the molecule is COc1ccc(CN2C(c3cc4cc(F)ccc4o3)=NN[C@@]23CC2CCC3CC2)c(OC)c1. The van der Waals surface area contributed by atoms with Crippen LogP contribution in [0.4, 0.5) is 4.39 Å². The maximum atomic E-state index is 13.8. The number of halogens is 1. The number of furan rings is 1. The second-order valence-electron chi connectivity index (χ2n) is 9.45. The van der Waals surface area contributed by atoms with E-state index in [9.17, 15) is 4.39 Å². The van der Waals surface area contributed by atoms with E-state index >= 15 is 0 Å². The molecule has 6 nitrogen and oxygen atoms in total. The number of nitrogens with one attached hydrogen (secondary N) is 1. The molecule has 2 aromatic carbocycles. The molecule has 33 heavy (non-hydrogen) atoms. The van der Waals surface area contributed by atoms with E-state index in [1.165, 1.54) is 37.8 Å². The summed E-state index contributed by atoms with van der Waals surface area (Å²) in [5.74, 6) is 3.88. The zero-order valence-electron chi connectivity index (χ0n) is 18.9. The molecular weight excluding hydrogens is 421 g/mol. The third kappa shape index (κ3) is 3.24. The van der Waals surface area contributed by atoms with Gasteiger partial charge in [-0.3, -0.25) is 5.43 Å². The van der Waals surface area contributed by atoms with Crippen LogP contribution in [0.2, 0.25) is 0 Å². The van der Waals surface area contributed by atoms with Gasteiger partial charge < -0.3 is 18.8 Å². The number of rotatable bonds is 5. The minimum atomic E-state index is -0.276. The lowest BCUT2D eigenvalue weighted by molar-refractivity contribution is -0.0336. The van der Waals surface area contributed by atoms with E-state index in [4.69, 9.17) is 19.0 Å². The summed E-state index contributed by atoms with van der Waals surface area (Å²) in [6.45, 7) is 0.619. The van der Waals surface area contributed by atoms with Crippen LogP contribution in [-0.2, 0) is 6.54 Å². The van der Waals surface area contributed by atoms with E-state index in [2.05, 4.69) is 16.4 Å². The second-order valence-corrected chi connectivity index (χ2v) is 9.45. The quantitative estimate of drug-likeness (QED) is 0.576. The summed E-state index contributed by atoms with van der Waals surface area (Å²) < 4.78 is 31.0. The molecule has 3 aromatic rings. The van der Waals surface area contributed by atoms with Crippen LogP contribution in [-0.4, -0.2) is 30.6 Å². The lowest BCUT2D eigenvalue weighted by Gasteiger charge is -2.53. The lowest BCUT2D eigenvalue weighted by atomic mass is 9.63. The Hall–Kier alpha value is -3.22. The van der Waals surface area contributed by atoms with Crippen LogP contribution in [0.1, 0.15) is 43.4 Å². The number of nitrogens with zero attached hydrogens (tertiary/aromatic N) is 2. The smallest absolute Gasteiger partial charge is 0.193 e. The number of fused-ring (bicyclic) bond motifs is 3. The van der Waals surface area contributed by atoms with Crippen LogP contribution >= 0.6 is 0 Å². The van der Waals surface area contributed by atoms with Gasteiger partial charge >= 0.3 is 0 Å². The van der Waals surface area contributed by atoms with E-state index in [0.29, 0.717) is 29.7 Å². The Kier molecular flexibility index (Phi) is 4.75. The van der Waals surface area contributed by atoms with E-state index in [1.807, 2.05) is 18.2 Å². The van der Waals surface area contributed by atoms with Gasteiger partial charge in [0, 0.05) is 22.9 Å². The highest BCUT2D eigenvalue weighted by Gasteiger charge is 2.55. The molecule has 0 saturated heterocycles. The largest absolute Gasteiger partial charge is 0.497 e. The van der Waals surface area contributed by atoms with Crippen molar-refractivity contribution in [2.24, 2.45) is 16.9 Å². The Morgan fingerprint density at radius 3 is 2.67 bits per heavy atom. The maximum Gasteiger partial charge on any atom is 0.193 e. The highest BCUT2D eigenvalue weighted by Crippen LogP contribution is 2.51. The summed E-state index contributed by atoms with van der Waals surface area (Å²) in [7, 11) is 3.34. The van der Waals surface area contributed by atoms with Crippen molar-refractivity contribution in [3.8, 4) is 11.5 Å². The first kappa shape index (κ1) is 20.4. The van der Waals surface area contributed by atoms with E-state index < -0.39 is 0 Å². The molecule has 2 bridgehead atoms. The van der Waals surface area contributed by atoms with Gasteiger partial charge in [0.2, 0.25) is 0 Å². The topological polar surface area (TPSA) is 59.2 Å². The number of hydrogen-bond acceptors (Lipinski definition) is 6.